The van der Waals surface area contributed by atoms with E-state index < -0.39 is 17.7 Å². The second-order valence-electron chi connectivity index (χ2n) is 10.00. The van der Waals surface area contributed by atoms with E-state index in [0.717, 1.165) is 30.4 Å². The van der Waals surface area contributed by atoms with E-state index in [9.17, 15) is 14.7 Å². The van der Waals surface area contributed by atoms with Crippen LogP contribution >= 0.6 is 0 Å². The van der Waals surface area contributed by atoms with E-state index in [0.29, 0.717) is 41.9 Å². The van der Waals surface area contributed by atoms with Gasteiger partial charge in [-0.05, 0) is 78.9 Å². The Balaban J connectivity index is 1.75. The molecule has 0 aromatic heterocycles. The quantitative estimate of drug-likeness (QED) is 0.122. The molecule has 1 heterocycles. The van der Waals surface area contributed by atoms with E-state index in [-0.39, 0.29) is 11.3 Å². The highest BCUT2D eigenvalue weighted by atomic mass is 16.5. The number of Topliss-reactive ketones (excluding diaryl/α,β-unsaturated/α-hetero) is 1. The Morgan fingerprint density at radius 3 is 2.05 bits per heavy atom. The van der Waals surface area contributed by atoms with Crippen molar-refractivity contribution in [3.8, 4) is 11.5 Å². The largest absolute Gasteiger partial charge is 0.507 e. The number of aliphatic hydroxyl groups is 1. The molecule has 0 bridgehead atoms. The van der Waals surface area contributed by atoms with Crippen LogP contribution in [0.4, 0.5) is 5.69 Å². The van der Waals surface area contributed by atoms with Crippen molar-refractivity contribution < 1.29 is 24.2 Å². The summed E-state index contributed by atoms with van der Waals surface area (Å²) in [5.74, 6) is 0.0798. The molecule has 1 aliphatic rings. The standard InChI is InChI=1S/C33H37NO5/c1-5-7-8-21-39-28-17-13-25(14-18-28)31(35)29-30(24-11-9-23(10-12-24)22(3)4)34(33(37)32(29)36)26-15-19-27(20-16-26)38-6-2/h9-20,22,30,35H,5-8,21H2,1-4H3/b31-29-. The Morgan fingerprint density at radius 1 is 0.846 bits per heavy atom. The molecule has 6 heteroatoms. The van der Waals surface area contributed by atoms with Gasteiger partial charge in [0.1, 0.15) is 17.3 Å². The third-order valence-electron chi connectivity index (χ3n) is 6.93. The predicted octanol–water partition coefficient (Wildman–Crippen LogP) is 7.40. The van der Waals surface area contributed by atoms with Crippen molar-refractivity contribution >= 4 is 23.1 Å². The van der Waals surface area contributed by atoms with Crippen LogP contribution in [0.15, 0.2) is 78.4 Å². The molecule has 0 saturated carbocycles. The highest BCUT2D eigenvalue weighted by Crippen LogP contribution is 2.42. The van der Waals surface area contributed by atoms with Gasteiger partial charge in [0.25, 0.3) is 11.7 Å². The molecular weight excluding hydrogens is 490 g/mol. The minimum absolute atomic E-state index is 0.0581. The fraction of sp³-hybridized carbons (Fsp3) is 0.333. The molecule has 1 fully saturated rings. The Labute approximate surface area is 230 Å². The number of anilines is 1. The van der Waals surface area contributed by atoms with Gasteiger partial charge in [0.05, 0.1) is 24.8 Å². The van der Waals surface area contributed by atoms with Crippen molar-refractivity contribution in [2.75, 3.05) is 18.1 Å². The summed E-state index contributed by atoms with van der Waals surface area (Å²) in [5, 5.41) is 11.4. The number of aliphatic hydroxyl groups excluding tert-OH is 1. The zero-order valence-corrected chi connectivity index (χ0v) is 23.1. The van der Waals surface area contributed by atoms with E-state index >= 15 is 0 Å². The highest BCUT2D eigenvalue weighted by molar-refractivity contribution is 6.51. The van der Waals surface area contributed by atoms with E-state index in [1.54, 1.807) is 48.5 Å². The third-order valence-corrected chi connectivity index (χ3v) is 6.93. The Hall–Kier alpha value is -4.06. The molecule has 1 atom stereocenters. The molecule has 1 unspecified atom stereocenters. The Kier molecular flexibility index (Phi) is 9.07. The Bertz CT molecular complexity index is 1310. The van der Waals surface area contributed by atoms with Crippen molar-refractivity contribution in [1.82, 2.24) is 0 Å². The molecule has 1 aliphatic heterocycles. The number of carbonyl (C=O) groups excluding carboxylic acids is 2. The van der Waals surface area contributed by atoms with Crippen molar-refractivity contribution in [2.45, 2.75) is 58.9 Å². The van der Waals surface area contributed by atoms with Crippen molar-refractivity contribution in [3.05, 3.63) is 95.1 Å². The maximum absolute atomic E-state index is 13.4. The van der Waals surface area contributed by atoms with Gasteiger partial charge in [-0.15, -0.1) is 0 Å². The average molecular weight is 528 g/mol. The van der Waals surface area contributed by atoms with E-state index in [2.05, 4.69) is 20.8 Å². The van der Waals surface area contributed by atoms with Crippen LogP contribution in [0.5, 0.6) is 11.5 Å². The molecule has 1 amide bonds. The summed E-state index contributed by atoms with van der Waals surface area (Å²) in [6, 6.07) is 21.1. The maximum Gasteiger partial charge on any atom is 0.300 e. The number of benzene rings is 3. The van der Waals surface area contributed by atoms with Gasteiger partial charge in [0, 0.05) is 11.3 Å². The molecule has 1 saturated heterocycles. The van der Waals surface area contributed by atoms with Crippen LogP contribution in [0.2, 0.25) is 0 Å². The first-order chi connectivity index (χ1) is 18.8. The van der Waals surface area contributed by atoms with Gasteiger partial charge in [-0.25, -0.2) is 0 Å². The molecule has 4 rings (SSSR count). The second kappa shape index (κ2) is 12.7. The lowest BCUT2D eigenvalue weighted by Gasteiger charge is -2.26. The number of nitrogens with zero attached hydrogens (tertiary/aromatic N) is 1. The zero-order valence-electron chi connectivity index (χ0n) is 23.1. The molecule has 3 aromatic carbocycles. The number of unbranched alkanes of at least 4 members (excludes halogenated alkanes) is 2. The lowest BCUT2D eigenvalue weighted by Crippen LogP contribution is -2.29. The van der Waals surface area contributed by atoms with E-state index in [1.165, 1.54) is 4.90 Å². The van der Waals surface area contributed by atoms with Gasteiger partial charge in [-0.1, -0.05) is 57.9 Å². The van der Waals surface area contributed by atoms with Crippen molar-refractivity contribution in [3.63, 3.8) is 0 Å². The van der Waals surface area contributed by atoms with Gasteiger partial charge in [0.15, 0.2) is 0 Å². The summed E-state index contributed by atoms with van der Waals surface area (Å²) >= 11 is 0. The topological polar surface area (TPSA) is 76.1 Å². The van der Waals surface area contributed by atoms with Crippen LogP contribution in [0.25, 0.3) is 5.76 Å². The minimum atomic E-state index is -0.783. The van der Waals surface area contributed by atoms with Crippen LogP contribution in [-0.4, -0.2) is 30.0 Å². The first kappa shape index (κ1) is 28.0. The summed E-state index contributed by atoms with van der Waals surface area (Å²) in [4.78, 5) is 28.3. The summed E-state index contributed by atoms with van der Waals surface area (Å²) in [6.45, 7) is 9.41. The van der Waals surface area contributed by atoms with Gasteiger partial charge >= 0.3 is 0 Å². The molecule has 3 aromatic rings. The van der Waals surface area contributed by atoms with Gasteiger partial charge in [0.2, 0.25) is 0 Å². The molecule has 1 N–H and O–H groups in total. The SMILES string of the molecule is CCCCCOc1ccc(/C(O)=C2/C(=O)C(=O)N(c3ccc(OCC)cc3)C2c2ccc(C(C)C)cc2)cc1. The highest BCUT2D eigenvalue weighted by Gasteiger charge is 2.47. The number of amides is 1. The third kappa shape index (κ3) is 6.17. The fourth-order valence-electron chi connectivity index (χ4n) is 4.75. The number of carbonyl (C=O) groups is 2. The van der Waals surface area contributed by atoms with E-state index in [1.807, 2.05) is 31.2 Å². The van der Waals surface area contributed by atoms with E-state index in [4.69, 9.17) is 9.47 Å². The van der Waals surface area contributed by atoms with Gasteiger partial charge in [-0.2, -0.15) is 0 Å². The maximum atomic E-state index is 13.4. The van der Waals surface area contributed by atoms with Crippen LogP contribution < -0.4 is 14.4 Å². The van der Waals surface area contributed by atoms with Crippen LogP contribution in [0.1, 0.15) is 75.6 Å². The zero-order chi connectivity index (χ0) is 27.9. The van der Waals surface area contributed by atoms with Crippen molar-refractivity contribution in [2.24, 2.45) is 0 Å². The number of hydrogen-bond donors (Lipinski definition) is 1. The summed E-state index contributed by atoms with van der Waals surface area (Å²) < 4.78 is 11.3. The molecule has 0 radical (unpaired) electrons. The monoisotopic (exact) mass is 527 g/mol. The normalized spacial score (nSPS) is 16.6. The number of hydrogen-bond acceptors (Lipinski definition) is 5. The lowest BCUT2D eigenvalue weighted by molar-refractivity contribution is -0.132. The molecular formula is C33H37NO5. The van der Waals surface area contributed by atoms with Crippen LogP contribution in [-0.2, 0) is 9.59 Å². The van der Waals surface area contributed by atoms with Gasteiger partial charge in [-0.3, -0.25) is 14.5 Å². The lowest BCUT2D eigenvalue weighted by atomic mass is 9.93. The summed E-state index contributed by atoms with van der Waals surface area (Å²) in [6.07, 6.45) is 3.19. The average Bonchev–Trinajstić information content (AvgIpc) is 3.21. The number of ketones is 1. The molecule has 0 aliphatic carbocycles. The summed E-state index contributed by atoms with van der Waals surface area (Å²) in [7, 11) is 0. The molecule has 39 heavy (non-hydrogen) atoms. The van der Waals surface area contributed by atoms with Gasteiger partial charge < -0.3 is 14.6 Å². The molecule has 0 spiro atoms. The Morgan fingerprint density at radius 2 is 1.46 bits per heavy atom. The number of ether oxygens (including phenoxy) is 2. The molecule has 204 valence electrons. The predicted molar refractivity (Wildman–Crippen MR) is 154 cm³/mol. The first-order valence-corrected chi connectivity index (χ1v) is 13.7. The molecule has 6 nitrogen and oxygen atoms in total. The second-order valence-corrected chi connectivity index (χ2v) is 10.00. The fourth-order valence-corrected chi connectivity index (χ4v) is 4.75. The smallest absolute Gasteiger partial charge is 0.300 e. The van der Waals surface area contributed by atoms with Crippen LogP contribution in [0.3, 0.4) is 0 Å². The first-order valence-electron chi connectivity index (χ1n) is 13.7. The summed E-state index contributed by atoms with van der Waals surface area (Å²) in [5.41, 5.74) is 2.94. The van der Waals surface area contributed by atoms with Crippen LogP contribution in [0, 0.1) is 0 Å². The van der Waals surface area contributed by atoms with Crippen molar-refractivity contribution in [1.29, 1.82) is 0 Å². The minimum Gasteiger partial charge on any atom is -0.507 e. The number of rotatable bonds is 11.